The molecular weight excluding hydrogens is 288 g/mol. The molecule has 1 aromatic heterocycles. The zero-order valence-electron chi connectivity index (χ0n) is 10.9. The number of H-pyrrole nitrogens is 1. The minimum absolute atomic E-state index is 0.0739. The first-order valence-electron chi connectivity index (χ1n) is 6.23. The molecule has 0 saturated carbocycles. The molecule has 7 heteroatoms. The lowest BCUT2D eigenvalue weighted by Gasteiger charge is -2.36. The van der Waals surface area contributed by atoms with Crippen molar-refractivity contribution in [3.8, 4) is 0 Å². The van der Waals surface area contributed by atoms with E-state index in [1.54, 1.807) is 4.90 Å². The molecular formula is C12H17ClN2O3S. The number of piperidine rings is 1. The molecule has 0 aromatic carbocycles. The van der Waals surface area contributed by atoms with Crippen LogP contribution in [0.3, 0.4) is 0 Å². The van der Waals surface area contributed by atoms with E-state index in [1.807, 2.05) is 6.92 Å². The zero-order valence-corrected chi connectivity index (χ0v) is 12.5. The topological polar surface area (TPSA) is 70.2 Å². The summed E-state index contributed by atoms with van der Waals surface area (Å²) < 4.78 is 22.4. The summed E-state index contributed by atoms with van der Waals surface area (Å²) in [5, 5.41) is 0. The highest BCUT2D eigenvalue weighted by atomic mass is 35.7. The number of amides is 1. The second-order valence-corrected chi connectivity index (χ2v) is 7.74. The van der Waals surface area contributed by atoms with E-state index in [9.17, 15) is 13.2 Å². The summed E-state index contributed by atoms with van der Waals surface area (Å²) in [6.45, 7) is 4.81. The van der Waals surface area contributed by atoms with Crippen LogP contribution in [0.5, 0.6) is 0 Å². The average molecular weight is 305 g/mol. The highest BCUT2D eigenvalue weighted by Crippen LogP contribution is 2.24. The number of aromatic amines is 1. The van der Waals surface area contributed by atoms with Crippen LogP contribution < -0.4 is 0 Å². The van der Waals surface area contributed by atoms with Crippen molar-refractivity contribution in [1.82, 2.24) is 9.88 Å². The fourth-order valence-electron chi connectivity index (χ4n) is 2.37. The predicted molar refractivity (Wildman–Crippen MR) is 72.7 cm³/mol. The number of nitrogens with one attached hydrogen (secondary N) is 1. The second kappa shape index (κ2) is 5.17. The van der Waals surface area contributed by atoms with Crippen LogP contribution in [0, 0.1) is 5.92 Å². The van der Waals surface area contributed by atoms with Gasteiger partial charge in [0.2, 0.25) is 0 Å². The van der Waals surface area contributed by atoms with Crippen LogP contribution in [-0.4, -0.2) is 36.8 Å². The molecule has 2 unspecified atom stereocenters. The molecule has 0 bridgehead atoms. The first kappa shape index (κ1) is 14.4. The Morgan fingerprint density at radius 1 is 1.42 bits per heavy atom. The summed E-state index contributed by atoms with van der Waals surface area (Å²) in [6.07, 6.45) is 3.32. The van der Waals surface area contributed by atoms with Gasteiger partial charge >= 0.3 is 0 Å². The Hall–Kier alpha value is -1.01. The van der Waals surface area contributed by atoms with Crippen molar-refractivity contribution < 1.29 is 13.2 Å². The fraction of sp³-hybridized carbons (Fsp3) is 0.583. The smallest absolute Gasteiger partial charge is 0.270 e. The third-order valence-corrected chi connectivity index (χ3v) is 4.88. The predicted octanol–water partition coefficient (Wildman–Crippen LogP) is 2.20. The molecule has 1 aliphatic rings. The van der Waals surface area contributed by atoms with E-state index in [0.29, 0.717) is 12.5 Å². The number of carbonyl (C=O) groups excluding carboxylic acids is 1. The fourth-order valence-corrected chi connectivity index (χ4v) is 3.09. The number of hydrogen-bond donors (Lipinski definition) is 1. The molecule has 0 radical (unpaired) electrons. The highest BCUT2D eigenvalue weighted by Gasteiger charge is 2.29. The van der Waals surface area contributed by atoms with Crippen molar-refractivity contribution in [3.63, 3.8) is 0 Å². The Balaban J connectivity index is 2.22. The van der Waals surface area contributed by atoms with E-state index in [1.165, 1.54) is 12.3 Å². The number of nitrogens with zero attached hydrogens (tertiary/aromatic N) is 1. The Bertz CT molecular complexity index is 582. The Kier molecular flexibility index (Phi) is 3.92. The van der Waals surface area contributed by atoms with Crippen LogP contribution in [0.25, 0.3) is 0 Å². The lowest BCUT2D eigenvalue weighted by atomic mass is 9.95. The first-order valence-corrected chi connectivity index (χ1v) is 8.54. The maximum Gasteiger partial charge on any atom is 0.270 e. The van der Waals surface area contributed by atoms with Gasteiger partial charge in [0.1, 0.15) is 10.6 Å². The van der Waals surface area contributed by atoms with Gasteiger partial charge in [0, 0.05) is 29.5 Å². The van der Waals surface area contributed by atoms with Gasteiger partial charge in [0.15, 0.2) is 0 Å². The van der Waals surface area contributed by atoms with Crippen LogP contribution in [0.1, 0.15) is 37.2 Å². The summed E-state index contributed by atoms with van der Waals surface area (Å²) in [5.41, 5.74) is 0.264. The van der Waals surface area contributed by atoms with Crippen LogP contribution in [0.4, 0.5) is 0 Å². The third-order valence-electron chi connectivity index (χ3n) is 3.55. The molecule has 2 heterocycles. The second-order valence-electron chi connectivity index (χ2n) is 5.18. The molecule has 1 saturated heterocycles. The molecule has 5 nitrogen and oxygen atoms in total. The molecule has 1 amide bonds. The van der Waals surface area contributed by atoms with Crippen LogP contribution in [0.15, 0.2) is 17.2 Å². The van der Waals surface area contributed by atoms with Gasteiger partial charge in [0.05, 0.1) is 0 Å². The summed E-state index contributed by atoms with van der Waals surface area (Å²) in [4.78, 5) is 16.8. The van der Waals surface area contributed by atoms with Crippen LogP contribution in [-0.2, 0) is 9.05 Å². The van der Waals surface area contributed by atoms with Gasteiger partial charge in [-0.1, -0.05) is 6.92 Å². The van der Waals surface area contributed by atoms with Crippen molar-refractivity contribution in [2.75, 3.05) is 6.54 Å². The number of carbonyl (C=O) groups is 1. The minimum Gasteiger partial charge on any atom is -0.356 e. The molecule has 2 rings (SSSR count). The highest BCUT2D eigenvalue weighted by molar-refractivity contribution is 8.13. The standard InChI is InChI=1S/C12H17ClN2O3S/c1-8-3-4-9(2)15(7-8)12(16)11-5-10(6-14-11)19(13,17)18/h5-6,8-9,14H,3-4,7H2,1-2H3. The molecule has 1 N–H and O–H groups in total. The summed E-state index contributed by atoms with van der Waals surface area (Å²) in [6, 6.07) is 1.46. The van der Waals surface area contributed by atoms with Crippen molar-refractivity contribution in [2.24, 2.45) is 5.92 Å². The number of hydrogen-bond acceptors (Lipinski definition) is 3. The lowest BCUT2D eigenvalue weighted by molar-refractivity contribution is 0.0568. The van der Waals surface area contributed by atoms with Gasteiger partial charge < -0.3 is 9.88 Å². The van der Waals surface area contributed by atoms with E-state index >= 15 is 0 Å². The lowest BCUT2D eigenvalue weighted by Crippen LogP contribution is -2.45. The Morgan fingerprint density at radius 3 is 2.68 bits per heavy atom. The van der Waals surface area contributed by atoms with Crippen molar-refractivity contribution in [1.29, 1.82) is 0 Å². The van der Waals surface area contributed by atoms with Crippen LogP contribution in [0.2, 0.25) is 0 Å². The molecule has 0 aliphatic carbocycles. The van der Waals surface area contributed by atoms with Crippen LogP contribution >= 0.6 is 10.7 Å². The van der Waals surface area contributed by atoms with Gasteiger partial charge in [-0.2, -0.15) is 0 Å². The SMILES string of the molecule is CC1CCC(C)N(C(=O)c2cc(S(=O)(=O)Cl)c[nH]2)C1. The van der Waals surface area contributed by atoms with E-state index in [2.05, 4.69) is 11.9 Å². The summed E-state index contributed by atoms with van der Waals surface area (Å²) in [5.74, 6) is 0.289. The van der Waals surface area contributed by atoms with Gasteiger partial charge in [-0.25, -0.2) is 8.42 Å². The number of rotatable bonds is 2. The zero-order chi connectivity index (χ0) is 14.2. The number of likely N-dealkylation sites (tertiary alicyclic amines) is 1. The average Bonchev–Trinajstić information content (AvgIpc) is 2.80. The van der Waals surface area contributed by atoms with Crippen molar-refractivity contribution >= 4 is 25.6 Å². The quantitative estimate of drug-likeness (QED) is 0.852. The molecule has 1 fully saturated rings. The summed E-state index contributed by atoms with van der Waals surface area (Å²) in [7, 11) is 1.44. The molecule has 0 spiro atoms. The van der Waals surface area contributed by atoms with E-state index < -0.39 is 9.05 Å². The third kappa shape index (κ3) is 3.12. The molecule has 19 heavy (non-hydrogen) atoms. The Labute approximate surface area is 117 Å². The molecule has 2 atom stereocenters. The van der Waals surface area contributed by atoms with Gasteiger partial charge in [0.25, 0.3) is 15.0 Å². The minimum atomic E-state index is -3.80. The Morgan fingerprint density at radius 2 is 2.11 bits per heavy atom. The maximum atomic E-state index is 12.4. The van der Waals surface area contributed by atoms with E-state index in [0.717, 1.165) is 12.8 Å². The van der Waals surface area contributed by atoms with Gasteiger partial charge in [-0.05, 0) is 31.7 Å². The van der Waals surface area contributed by atoms with E-state index in [-0.39, 0.29) is 22.5 Å². The number of halogens is 1. The molecule has 1 aliphatic heterocycles. The van der Waals surface area contributed by atoms with Crippen molar-refractivity contribution in [2.45, 2.75) is 37.6 Å². The largest absolute Gasteiger partial charge is 0.356 e. The summed E-state index contributed by atoms with van der Waals surface area (Å²) >= 11 is 0. The monoisotopic (exact) mass is 304 g/mol. The van der Waals surface area contributed by atoms with E-state index in [4.69, 9.17) is 10.7 Å². The first-order chi connectivity index (χ1) is 8.79. The van der Waals surface area contributed by atoms with Gasteiger partial charge in [-0.15, -0.1) is 0 Å². The van der Waals surface area contributed by atoms with Gasteiger partial charge in [-0.3, -0.25) is 4.79 Å². The molecule has 1 aromatic rings. The molecule has 106 valence electrons. The van der Waals surface area contributed by atoms with Crippen molar-refractivity contribution in [3.05, 3.63) is 18.0 Å². The maximum absolute atomic E-state index is 12.4. The number of aromatic nitrogens is 1. The normalized spacial score (nSPS) is 24.5.